The second-order valence-electron chi connectivity index (χ2n) is 5.73. The molecule has 0 bridgehead atoms. The molecule has 3 aromatic rings. The molecule has 24 heavy (non-hydrogen) atoms. The van der Waals surface area contributed by atoms with Crippen molar-refractivity contribution in [2.24, 2.45) is 0 Å². The van der Waals surface area contributed by atoms with E-state index < -0.39 is 0 Å². The lowest BCUT2D eigenvalue weighted by molar-refractivity contribution is 0.174. The normalized spacial score (nSPS) is 12.5. The van der Waals surface area contributed by atoms with Crippen LogP contribution in [0.2, 0.25) is 0 Å². The van der Waals surface area contributed by atoms with Crippen LogP contribution in [0.5, 0.6) is 23.0 Å². The van der Waals surface area contributed by atoms with Crippen molar-refractivity contribution in [3.05, 3.63) is 83.4 Å². The Bertz CT molecular complexity index is 808. The van der Waals surface area contributed by atoms with Crippen molar-refractivity contribution in [1.82, 2.24) is 0 Å². The average Bonchev–Trinajstić information content (AvgIpc) is 3.06. The van der Waals surface area contributed by atoms with Crippen LogP contribution < -0.4 is 9.47 Å². The summed E-state index contributed by atoms with van der Waals surface area (Å²) in [5.41, 5.74) is 3.13. The molecule has 4 heteroatoms. The molecule has 1 aliphatic rings. The van der Waals surface area contributed by atoms with E-state index in [1.807, 2.05) is 42.5 Å². The van der Waals surface area contributed by atoms with Gasteiger partial charge in [-0.1, -0.05) is 30.3 Å². The molecule has 120 valence electrons. The number of benzene rings is 3. The van der Waals surface area contributed by atoms with Gasteiger partial charge in [-0.25, -0.2) is 0 Å². The van der Waals surface area contributed by atoms with Crippen LogP contribution in [0.3, 0.4) is 0 Å². The predicted octanol–water partition coefficient (Wildman–Crippen LogP) is 4.01. The van der Waals surface area contributed by atoms with Gasteiger partial charge in [-0.05, 0) is 53.1 Å². The zero-order chi connectivity index (χ0) is 16.5. The average molecular weight is 320 g/mol. The van der Waals surface area contributed by atoms with Gasteiger partial charge in [0, 0.05) is 5.92 Å². The molecule has 0 aliphatic carbocycles. The van der Waals surface area contributed by atoms with E-state index in [0.717, 1.165) is 28.2 Å². The molecule has 0 spiro atoms. The van der Waals surface area contributed by atoms with Gasteiger partial charge in [0.2, 0.25) is 6.79 Å². The molecule has 0 radical (unpaired) electrons. The van der Waals surface area contributed by atoms with E-state index in [-0.39, 0.29) is 24.2 Å². The molecule has 0 saturated heterocycles. The van der Waals surface area contributed by atoms with Crippen molar-refractivity contribution < 1.29 is 19.7 Å². The summed E-state index contributed by atoms with van der Waals surface area (Å²) in [7, 11) is 0. The lowest BCUT2D eigenvalue weighted by atomic mass is 9.85. The Labute approximate surface area is 139 Å². The summed E-state index contributed by atoms with van der Waals surface area (Å²) in [5.74, 6) is 1.90. The molecule has 0 atom stereocenters. The van der Waals surface area contributed by atoms with Crippen molar-refractivity contribution in [2.75, 3.05) is 6.79 Å². The third kappa shape index (κ3) is 2.63. The second kappa shape index (κ2) is 5.81. The highest BCUT2D eigenvalue weighted by atomic mass is 16.7. The van der Waals surface area contributed by atoms with E-state index in [1.54, 1.807) is 24.3 Å². The first-order valence-corrected chi connectivity index (χ1v) is 7.68. The Morgan fingerprint density at radius 3 is 1.71 bits per heavy atom. The number of rotatable bonds is 3. The standard InChI is InChI=1S/C20H16O4/c21-16-6-1-13(2-7-16)20(14-3-8-17(22)9-4-14)15-5-10-18-19(11-15)24-12-23-18/h1-11,20-22H,12H2. The summed E-state index contributed by atoms with van der Waals surface area (Å²) >= 11 is 0. The minimum absolute atomic E-state index is 0.0410. The zero-order valence-electron chi connectivity index (χ0n) is 12.8. The van der Waals surface area contributed by atoms with E-state index in [9.17, 15) is 10.2 Å². The van der Waals surface area contributed by atoms with E-state index in [4.69, 9.17) is 9.47 Å². The number of hydrogen-bond acceptors (Lipinski definition) is 4. The third-order valence-electron chi connectivity index (χ3n) is 4.18. The monoisotopic (exact) mass is 320 g/mol. The summed E-state index contributed by atoms with van der Waals surface area (Å²) < 4.78 is 10.9. The van der Waals surface area contributed by atoms with Gasteiger partial charge in [0.15, 0.2) is 11.5 Å². The molecule has 3 aromatic carbocycles. The van der Waals surface area contributed by atoms with Crippen LogP contribution >= 0.6 is 0 Å². The summed E-state index contributed by atoms with van der Waals surface area (Å²) in [5, 5.41) is 19.1. The van der Waals surface area contributed by atoms with Crippen molar-refractivity contribution in [1.29, 1.82) is 0 Å². The molecule has 2 N–H and O–H groups in total. The molecule has 1 aliphatic heterocycles. The maximum atomic E-state index is 9.57. The maximum absolute atomic E-state index is 9.57. The summed E-state index contributed by atoms with van der Waals surface area (Å²) in [6.07, 6.45) is 0. The number of hydrogen-bond donors (Lipinski definition) is 2. The second-order valence-corrected chi connectivity index (χ2v) is 5.73. The van der Waals surface area contributed by atoms with Crippen LogP contribution in [0, 0.1) is 0 Å². The van der Waals surface area contributed by atoms with Crippen molar-refractivity contribution in [3.63, 3.8) is 0 Å². The molecule has 0 amide bonds. The number of phenolic OH excluding ortho intramolecular Hbond substituents is 2. The van der Waals surface area contributed by atoms with Gasteiger partial charge in [0.1, 0.15) is 11.5 Å². The van der Waals surface area contributed by atoms with Crippen molar-refractivity contribution in [2.45, 2.75) is 5.92 Å². The van der Waals surface area contributed by atoms with Crippen LogP contribution in [-0.2, 0) is 0 Å². The minimum atomic E-state index is -0.0410. The lowest BCUT2D eigenvalue weighted by Gasteiger charge is -2.19. The van der Waals surface area contributed by atoms with Crippen molar-refractivity contribution >= 4 is 0 Å². The van der Waals surface area contributed by atoms with E-state index in [1.165, 1.54) is 0 Å². The Morgan fingerprint density at radius 1 is 0.625 bits per heavy atom. The Morgan fingerprint density at radius 2 is 1.12 bits per heavy atom. The van der Waals surface area contributed by atoms with E-state index >= 15 is 0 Å². The quantitative estimate of drug-likeness (QED) is 0.716. The zero-order valence-corrected chi connectivity index (χ0v) is 12.8. The van der Waals surface area contributed by atoms with Gasteiger partial charge in [-0.2, -0.15) is 0 Å². The van der Waals surface area contributed by atoms with Crippen LogP contribution in [0.15, 0.2) is 66.7 Å². The van der Waals surface area contributed by atoms with Gasteiger partial charge in [0.05, 0.1) is 0 Å². The maximum Gasteiger partial charge on any atom is 0.231 e. The van der Waals surface area contributed by atoms with Crippen molar-refractivity contribution in [3.8, 4) is 23.0 Å². The molecule has 0 saturated carbocycles. The van der Waals surface area contributed by atoms with Gasteiger partial charge in [0.25, 0.3) is 0 Å². The fraction of sp³-hybridized carbons (Fsp3) is 0.100. The highest BCUT2D eigenvalue weighted by Gasteiger charge is 2.21. The van der Waals surface area contributed by atoms with Crippen LogP contribution in [0.4, 0.5) is 0 Å². The molecule has 0 fully saturated rings. The van der Waals surface area contributed by atoms with Crippen LogP contribution in [0.25, 0.3) is 0 Å². The van der Waals surface area contributed by atoms with Gasteiger partial charge in [-0.3, -0.25) is 0 Å². The number of fused-ring (bicyclic) bond motifs is 1. The minimum Gasteiger partial charge on any atom is -0.508 e. The first kappa shape index (κ1) is 14.5. The number of aromatic hydroxyl groups is 2. The molecule has 4 nitrogen and oxygen atoms in total. The predicted molar refractivity (Wildman–Crippen MR) is 89.7 cm³/mol. The Balaban J connectivity index is 1.83. The highest BCUT2D eigenvalue weighted by Crippen LogP contribution is 2.39. The molecule has 1 heterocycles. The third-order valence-corrected chi connectivity index (χ3v) is 4.18. The van der Waals surface area contributed by atoms with E-state index in [2.05, 4.69) is 0 Å². The number of ether oxygens (including phenoxy) is 2. The lowest BCUT2D eigenvalue weighted by Crippen LogP contribution is -2.03. The molecule has 4 rings (SSSR count). The largest absolute Gasteiger partial charge is 0.508 e. The van der Waals surface area contributed by atoms with Gasteiger partial charge in [-0.15, -0.1) is 0 Å². The first-order chi connectivity index (χ1) is 11.7. The summed E-state index contributed by atoms with van der Waals surface area (Å²) in [6, 6.07) is 20.2. The molecule has 0 aromatic heterocycles. The first-order valence-electron chi connectivity index (χ1n) is 7.68. The smallest absolute Gasteiger partial charge is 0.231 e. The van der Waals surface area contributed by atoms with Crippen LogP contribution in [0.1, 0.15) is 22.6 Å². The fourth-order valence-electron chi connectivity index (χ4n) is 3.00. The fourth-order valence-corrected chi connectivity index (χ4v) is 3.00. The molecule has 0 unspecified atom stereocenters. The van der Waals surface area contributed by atoms with Gasteiger partial charge >= 0.3 is 0 Å². The molecular weight excluding hydrogens is 304 g/mol. The SMILES string of the molecule is Oc1ccc(C(c2ccc(O)cc2)c2ccc3c(c2)OCO3)cc1. The number of phenols is 2. The summed E-state index contributed by atoms with van der Waals surface area (Å²) in [4.78, 5) is 0. The Kier molecular flexibility index (Phi) is 3.50. The highest BCUT2D eigenvalue weighted by molar-refractivity contribution is 5.51. The molecular formula is C20H16O4. The topological polar surface area (TPSA) is 58.9 Å². The Hall–Kier alpha value is -3.14. The van der Waals surface area contributed by atoms with Gasteiger partial charge < -0.3 is 19.7 Å². The van der Waals surface area contributed by atoms with Crippen LogP contribution in [-0.4, -0.2) is 17.0 Å². The summed E-state index contributed by atoms with van der Waals surface area (Å²) in [6.45, 7) is 0.238. The van der Waals surface area contributed by atoms with E-state index in [0.29, 0.717) is 0 Å².